The van der Waals surface area contributed by atoms with Crippen molar-refractivity contribution in [3.8, 4) is 0 Å². The fourth-order valence-electron chi connectivity index (χ4n) is 2.08. The van der Waals surface area contributed by atoms with Crippen molar-refractivity contribution in [3.63, 3.8) is 0 Å². The van der Waals surface area contributed by atoms with Crippen molar-refractivity contribution in [2.75, 3.05) is 5.32 Å². The largest absolute Gasteiger partial charge is 0.321 e. The van der Waals surface area contributed by atoms with Gasteiger partial charge in [0.25, 0.3) is 5.91 Å². The molecule has 3 aromatic heterocycles. The van der Waals surface area contributed by atoms with Crippen LogP contribution in [-0.4, -0.2) is 25.5 Å². The molecule has 0 radical (unpaired) electrons. The molecular formula is C13H13N5OS. The molecule has 102 valence electrons. The average Bonchev–Trinajstić information content (AvgIpc) is 2.91. The quantitative estimate of drug-likeness (QED) is 0.785. The first-order valence-corrected chi connectivity index (χ1v) is 6.93. The Labute approximate surface area is 119 Å². The summed E-state index contributed by atoms with van der Waals surface area (Å²) < 4.78 is 1.89. The first-order valence-electron chi connectivity index (χ1n) is 6.11. The molecule has 0 saturated heterocycles. The fraction of sp³-hybridized carbons (Fsp3) is 0.231. The molecule has 0 aliphatic carbocycles. The second-order valence-corrected chi connectivity index (χ2v) is 5.50. The van der Waals surface area contributed by atoms with Crippen LogP contribution in [0.5, 0.6) is 0 Å². The van der Waals surface area contributed by atoms with E-state index in [0.717, 1.165) is 27.9 Å². The van der Waals surface area contributed by atoms with Crippen molar-refractivity contribution in [1.29, 1.82) is 0 Å². The highest BCUT2D eigenvalue weighted by molar-refractivity contribution is 7.19. The first-order chi connectivity index (χ1) is 9.56. The van der Waals surface area contributed by atoms with Crippen molar-refractivity contribution in [1.82, 2.24) is 19.6 Å². The highest BCUT2D eigenvalue weighted by Crippen LogP contribution is 2.23. The number of aryl methyl sites for hydroxylation is 3. The van der Waals surface area contributed by atoms with Crippen LogP contribution in [0.1, 0.15) is 26.9 Å². The predicted octanol–water partition coefficient (Wildman–Crippen LogP) is 2.36. The minimum atomic E-state index is -0.136. The number of nitrogens with zero attached hydrogens (tertiary/aromatic N) is 4. The lowest BCUT2D eigenvalue weighted by Crippen LogP contribution is -2.12. The monoisotopic (exact) mass is 287 g/mol. The number of rotatable bonds is 2. The molecule has 6 nitrogen and oxygen atoms in total. The van der Waals surface area contributed by atoms with Crippen molar-refractivity contribution in [3.05, 3.63) is 40.4 Å². The van der Waals surface area contributed by atoms with Crippen LogP contribution < -0.4 is 5.32 Å². The van der Waals surface area contributed by atoms with Crippen molar-refractivity contribution in [2.45, 2.75) is 20.8 Å². The molecule has 3 heterocycles. The summed E-state index contributed by atoms with van der Waals surface area (Å²) in [7, 11) is 0. The number of amides is 1. The summed E-state index contributed by atoms with van der Waals surface area (Å²) in [4.78, 5) is 17.8. The predicted molar refractivity (Wildman–Crippen MR) is 77.3 cm³/mol. The van der Waals surface area contributed by atoms with E-state index in [0.29, 0.717) is 4.88 Å². The van der Waals surface area contributed by atoms with Gasteiger partial charge in [-0.25, -0.2) is 0 Å². The average molecular weight is 287 g/mol. The molecule has 3 aromatic rings. The summed E-state index contributed by atoms with van der Waals surface area (Å²) in [5.74, 6) is 0.649. The number of aromatic nitrogens is 4. The van der Waals surface area contributed by atoms with Gasteiger partial charge in [-0.1, -0.05) is 11.3 Å². The van der Waals surface area contributed by atoms with Gasteiger partial charge in [0.1, 0.15) is 10.7 Å². The molecule has 0 saturated carbocycles. The van der Waals surface area contributed by atoms with Gasteiger partial charge in [0.2, 0.25) is 4.96 Å². The van der Waals surface area contributed by atoms with Crippen LogP contribution in [0, 0.1) is 20.8 Å². The number of carbonyl (C=O) groups excluding carboxylic acids is 1. The van der Waals surface area contributed by atoms with Crippen molar-refractivity contribution < 1.29 is 4.79 Å². The zero-order chi connectivity index (χ0) is 14.3. The van der Waals surface area contributed by atoms with Crippen LogP contribution in [0.4, 0.5) is 5.69 Å². The second-order valence-electron chi connectivity index (χ2n) is 4.52. The molecule has 0 spiro atoms. The lowest BCUT2D eigenvalue weighted by molar-refractivity contribution is 0.102. The summed E-state index contributed by atoms with van der Waals surface area (Å²) in [6.45, 7) is 5.65. The standard InChI is InChI=1S/C13H13N5OS/c1-7-6-10(4-5-14-7)15-12(19)11-8(2)18-9(3)16-17-13(18)20-11/h4-6H,1-3H3,(H,14,15,19). The Morgan fingerprint density at radius 3 is 2.80 bits per heavy atom. The minimum absolute atomic E-state index is 0.136. The number of pyridine rings is 1. The maximum absolute atomic E-state index is 12.3. The number of nitrogens with one attached hydrogen (secondary N) is 1. The van der Waals surface area contributed by atoms with Crippen LogP contribution in [0.3, 0.4) is 0 Å². The van der Waals surface area contributed by atoms with Gasteiger partial charge in [0.15, 0.2) is 0 Å². The van der Waals surface area contributed by atoms with E-state index in [1.807, 2.05) is 31.2 Å². The second kappa shape index (κ2) is 4.68. The number of carbonyl (C=O) groups is 1. The maximum atomic E-state index is 12.3. The zero-order valence-electron chi connectivity index (χ0n) is 11.3. The van der Waals surface area contributed by atoms with E-state index in [2.05, 4.69) is 20.5 Å². The Kier molecular flexibility index (Phi) is 2.98. The molecule has 20 heavy (non-hydrogen) atoms. The molecule has 7 heteroatoms. The SMILES string of the molecule is Cc1cc(NC(=O)c2sc3nnc(C)n3c2C)ccn1. The molecule has 0 fully saturated rings. The molecule has 0 aliphatic rings. The number of thiazole rings is 1. The van der Waals surface area contributed by atoms with Crippen LogP contribution in [0.25, 0.3) is 4.96 Å². The third-order valence-electron chi connectivity index (χ3n) is 3.01. The smallest absolute Gasteiger partial charge is 0.267 e. The molecular weight excluding hydrogens is 274 g/mol. The van der Waals surface area contributed by atoms with Gasteiger partial charge in [-0.3, -0.25) is 14.2 Å². The van der Waals surface area contributed by atoms with E-state index in [1.165, 1.54) is 11.3 Å². The summed E-state index contributed by atoms with van der Waals surface area (Å²) in [6.07, 6.45) is 1.67. The van der Waals surface area contributed by atoms with Gasteiger partial charge in [-0.2, -0.15) is 0 Å². The minimum Gasteiger partial charge on any atom is -0.321 e. The molecule has 0 unspecified atom stereocenters. The van der Waals surface area contributed by atoms with Crippen LogP contribution >= 0.6 is 11.3 Å². The molecule has 0 aliphatic heterocycles. The highest BCUT2D eigenvalue weighted by atomic mass is 32.1. The highest BCUT2D eigenvalue weighted by Gasteiger charge is 2.18. The van der Waals surface area contributed by atoms with E-state index in [-0.39, 0.29) is 5.91 Å². The Balaban J connectivity index is 1.94. The summed E-state index contributed by atoms with van der Waals surface area (Å²) >= 11 is 1.34. The molecule has 0 aromatic carbocycles. The van der Waals surface area contributed by atoms with Gasteiger partial charge < -0.3 is 5.32 Å². The molecule has 1 N–H and O–H groups in total. The zero-order valence-corrected chi connectivity index (χ0v) is 12.2. The van der Waals surface area contributed by atoms with Gasteiger partial charge >= 0.3 is 0 Å². The fourth-order valence-corrected chi connectivity index (χ4v) is 3.09. The van der Waals surface area contributed by atoms with E-state index < -0.39 is 0 Å². The van der Waals surface area contributed by atoms with E-state index >= 15 is 0 Å². The van der Waals surface area contributed by atoms with Crippen molar-refractivity contribution >= 4 is 27.9 Å². The lowest BCUT2D eigenvalue weighted by Gasteiger charge is -2.04. The topological polar surface area (TPSA) is 72.2 Å². The normalized spacial score (nSPS) is 10.9. The van der Waals surface area contributed by atoms with Crippen molar-refractivity contribution in [2.24, 2.45) is 0 Å². The Hall–Kier alpha value is -2.28. The van der Waals surface area contributed by atoms with Gasteiger partial charge in [-0.05, 0) is 32.9 Å². The van der Waals surface area contributed by atoms with E-state index in [4.69, 9.17) is 0 Å². The van der Waals surface area contributed by atoms with E-state index in [9.17, 15) is 4.79 Å². The Morgan fingerprint density at radius 2 is 2.10 bits per heavy atom. The summed E-state index contributed by atoms with van der Waals surface area (Å²) in [5, 5.41) is 10.9. The maximum Gasteiger partial charge on any atom is 0.267 e. The number of hydrogen-bond acceptors (Lipinski definition) is 5. The molecule has 3 rings (SSSR count). The van der Waals surface area contributed by atoms with Crippen LogP contribution in [0.2, 0.25) is 0 Å². The molecule has 0 atom stereocenters. The number of anilines is 1. The van der Waals surface area contributed by atoms with Gasteiger partial charge in [0.05, 0.1) is 0 Å². The third-order valence-corrected chi connectivity index (χ3v) is 4.15. The van der Waals surface area contributed by atoms with Crippen LogP contribution in [-0.2, 0) is 0 Å². The lowest BCUT2D eigenvalue weighted by atomic mass is 10.3. The third kappa shape index (κ3) is 2.05. The summed E-state index contributed by atoms with van der Waals surface area (Å²) in [6, 6.07) is 3.60. The molecule has 1 amide bonds. The van der Waals surface area contributed by atoms with E-state index in [1.54, 1.807) is 12.3 Å². The Morgan fingerprint density at radius 1 is 1.30 bits per heavy atom. The van der Waals surface area contributed by atoms with Crippen LogP contribution in [0.15, 0.2) is 18.3 Å². The number of fused-ring (bicyclic) bond motifs is 1. The van der Waals surface area contributed by atoms with Gasteiger partial charge in [-0.15, -0.1) is 10.2 Å². The Bertz CT molecular complexity index is 804. The first kappa shape index (κ1) is 12.7. The molecule has 0 bridgehead atoms. The number of hydrogen-bond donors (Lipinski definition) is 1. The van der Waals surface area contributed by atoms with Gasteiger partial charge in [0, 0.05) is 23.3 Å². The summed E-state index contributed by atoms with van der Waals surface area (Å²) in [5.41, 5.74) is 2.46.